The van der Waals surface area contributed by atoms with Crippen molar-refractivity contribution in [1.29, 1.82) is 0 Å². The Morgan fingerprint density at radius 2 is 2.08 bits per heavy atom. The van der Waals surface area contributed by atoms with Gasteiger partial charge in [-0.25, -0.2) is 13.1 Å². The molecule has 2 heterocycles. The van der Waals surface area contributed by atoms with E-state index in [1.807, 2.05) is 19.3 Å². The number of sulfonamides is 1. The number of hydrogen-bond donors (Lipinski definition) is 1. The van der Waals surface area contributed by atoms with E-state index >= 15 is 0 Å². The quantitative estimate of drug-likeness (QED) is 0.717. The van der Waals surface area contributed by atoms with E-state index in [0.717, 1.165) is 16.7 Å². The van der Waals surface area contributed by atoms with Crippen molar-refractivity contribution in [3.05, 3.63) is 60.0 Å². The third-order valence-corrected chi connectivity index (χ3v) is 5.40. The predicted octanol–water partition coefficient (Wildman–Crippen LogP) is 2.28. The highest BCUT2D eigenvalue weighted by molar-refractivity contribution is 7.89. The molecule has 0 unspecified atom stereocenters. The minimum atomic E-state index is -3.65. The van der Waals surface area contributed by atoms with E-state index in [0.29, 0.717) is 11.4 Å². The summed E-state index contributed by atoms with van der Waals surface area (Å²) in [5.41, 5.74) is 3.07. The Morgan fingerprint density at radius 3 is 2.73 bits per heavy atom. The van der Waals surface area contributed by atoms with Crippen LogP contribution in [-0.4, -0.2) is 30.3 Å². The molecule has 0 saturated carbocycles. The highest BCUT2D eigenvalue weighted by Gasteiger charge is 2.17. The maximum Gasteiger partial charge on any atom is 0.240 e. The molecular weight excluding hydrogens is 352 g/mol. The average Bonchev–Trinajstić information content (AvgIpc) is 3.06. The Kier molecular flexibility index (Phi) is 5.06. The zero-order valence-corrected chi connectivity index (χ0v) is 15.6. The van der Waals surface area contributed by atoms with E-state index in [1.165, 1.54) is 6.07 Å². The summed E-state index contributed by atoms with van der Waals surface area (Å²) in [5.74, 6) is 0.648. The molecule has 3 aromatic rings. The Balaban J connectivity index is 1.84. The molecule has 0 aliphatic rings. The van der Waals surface area contributed by atoms with Gasteiger partial charge in [-0.1, -0.05) is 6.07 Å². The van der Waals surface area contributed by atoms with Gasteiger partial charge in [0.1, 0.15) is 5.75 Å². The summed E-state index contributed by atoms with van der Waals surface area (Å²) in [4.78, 5) is 4.56. The van der Waals surface area contributed by atoms with E-state index < -0.39 is 10.0 Å². The van der Waals surface area contributed by atoms with Crippen LogP contribution in [-0.2, 0) is 23.6 Å². The van der Waals surface area contributed by atoms with Gasteiger partial charge < -0.3 is 4.74 Å². The molecular formula is C18H20N4O3S. The van der Waals surface area contributed by atoms with Crippen molar-refractivity contribution in [3.8, 4) is 17.0 Å². The van der Waals surface area contributed by atoms with Crippen LogP contribution in [0.4, 0.5) is 0 Å². The Bertz CT molecular complexity index is 1030. The van der Waals surface area contributed by atoms with Crippen LogP contribution in [0.15, 0.2) is 53.8 Å². The second-order valence-corrected chi connectivity index (χ2v) is 7.64. The molecule has 0 saturated heterocycles. The number of aryl methyl sites for hydroxylation is 2. The molecule has 0 aliphatic heterocycles. The Morgan fingerprint density at radius 1 is 1.27 bits per heavy atom. The number of ether oxygens (including phenoxy) is 1. The molecule has 0 bridgehead atoms. The van der Waals surface area contributed by atoms with Crippen molar-refractivity contribution in [2.45, 2.75) is 18.4 Å². The van der Waals surface area contributed by atoms with Crippen LogP contribution < -0.4 is 9.46 Å². The fourth-order valence-electron chi connectivity index (χ4n) is 2.66. The van der Waals surface area contributed by atoms with Crippen LogP contribution in [0, 0.1) is 6.92 Å². The minimum Gasteiger partial charge on any atom is -0.496 e. The van der Waals surface area contributed by atoms with Crippen LogP contribution in [0.2, 0.25) is 0 Å². The number of pyridine rings is 1. The van der Waals surface area contributed by atoms with Gasteiger partial charge in [0, 0.05) is 31.5 Å². The lowest BCUT2D eigenvalue weighted by Gasteiger charge is -2.11. The predicted molar refractivity (Wildman–Crippen MR) is 98.2 cm³/mol. The Hall–Kier alpha value is -2.71. The summed E-state index contributed by atoms with van der Waals surface area (Å²) in [7, 11) is -0.281. The molecule has 2 aromatic heterocycles. The first kappa shape index (κ1) is 18.1. The summed E-state index contributed by atoms with van der Waals surface area (Å²) in [5, 5.41) is 4.14. The van der Waals surface area contributed by atoms with Gasteiger partial charge in [-0.2, -0.15) is 5.10 Å². The Labute approximate surface area is 152 Å². The molecule has 8 heteroatoms. The van der Waals surface area contributed by atoms with E-state index in [1.54, 1.807) is 49.3 Å². The van der Waals surface area contributed by atoms with Crippen LogP contribution in [0.3, 0.4) is 0 Å². The van der Waals surface area contributed by atoms with E-state index in [-0.39, 0.29) is 11.4 Å². The van der Waals surface area contributed by atoms with E-state index in [2.05, 4.69) is 14.8 Å². The van der Waals surface area contributed by atoms with Gasteiger partial charge in [0.05, 0.1) is 23.9 Å². The highest BCUT2D eigenvalue weighted by atomic mass is 32.2. The number of aromatic nitrogens is 3. The minimum absolute atomic E-state index is 0.130. The van der Waals surface area contributed by atoms with Crippen molar-refractivity contribution in [2.75, 3.05) is 7.11 Å². The van der Waals surface area contributed by atoms with Crippen LogP contribution in [0.1, 0.15) is 11.1 Å². The first-order chi connectivity index (χ1) is 12.4. The molecule has 0 atom stereocenters. The van der Waals surface area contributed by atoms with Gasteiger partial charge in [0.15, 0.2) is 0 Å². The van der Waals surface area contributed by atoms with Crippen LogP contribution in [0.25, 0.3) is 11.3 Å². The molecule has 136 valence electrons. The third-order valence-electron chi connectivity index (χ3n) is 4.00. The second kappa shape index (κ2) is 7.27. The first-order valence-corrected chi connectivity index (χ1v) is 9.46. The number of hydrogen-bond acceptors (Lipinski definition) is 5. The zero-order valence-electron chi connectivity index (χ0n) is 14.8. The summed E-state index contributed by atoms with van der Waals surface area (Å²) in [6.45, 7) is 1.94. The molecule has 0 aliphatic carbocycles. The van der Waals surface area contributed by atoms with Gasteiger partial charge in [-0.15, -0.1) is 0 Å². The van der Waals surface area contributed by atoms with Gasteiger partial charge >= 0.3 is 0 Å². The average molecular weight is 372 g/mol. The van der Waals surface area contributed by atoms with Gasteiger partial charge in [-0.05, 0) is 42.3 Å². The highest BCUT2D eigenvalue weighted by Crippen LogP contribution is 2.23. The van der Waals surface area contributed by atoms with Gasteiger partial charge in [0.25, 0.3) is 0 Å². The van der Waals surface area contributed by atoms with E-state index in [4.69, 9.17) is 4.74 Å². The van der Waals surface area contributed by atoms with Crippen LogP contribution >= 0.6 is 0 Å². The maximum atomic E-state index is 12.6. The monoisotopic (exact) mass is 372 g/mol. The molecule has 1 N–H and O–H groups in total. The largest absolute Gasteiger partial charge is 0.496 e. The zero-order chi connectivity index (χ0) is 18.7. The molecule has 0 spiro atoms. The molecule has 0 radical (unpaired) electrons. The fourth-order valence-corrected chi connectivity index (χ4v) is 3.75. The van der Waals surface area contributed by atoms with Crippen molar-refractivity contribution >= 4 is 10.0 Å². The fraction of sp³-hybridized carbons (Fsp3) is 0.222. The lowest BCUT2D eigenvalue weighted by Crippen LogP contribution is -2.23. The summed E-state index contributed by atoms with van der Waals surface area (Å²) in [6, 6.07) is 8.39. The normalized spacial score (nSPS) is 11.5. The van der Waals surface area contributed by atoms with Crippen molar-refractivity contribution in [1.82, 2.24) is 19.5 Å². The van der Waals surface area contributed by atoms with Gasteiger partial charge in [-0.3, -0.25) is 9.67 Å². The molecule has 0 fully saturated rings. The third kappa shape index (κ3) is 3.76. The van der Waals surface area contributed by atoms with E-state index in [9.17, 15) is 8.42 Å². The van der Waals surface area contributed by atoms with Crippen molar-refractivity contribution in [3.63, 3.8) is 0 Å². The molecule has 7 nitrogen and oxygen atoms in total. The second-order valence-electron chi connectivity index (χ2n) is 5.87. The van der Waals surface area contributed by atoms with Crippen molar-refractivity contribution in [2.24, 2.45) is 7.05 Å². The number of nitrogens with zero attached hydrogens (tertiary/aromatic N) is 3. The standard InChI is InChI=1S/C18H20N4O3S/c1-13-9-16(6-7-17(13)25-3)26(23,24)21-11-14-5-4-8-19-18(14)15-10-20-22(2)12-15/h4-10,12,21H,11H2,1-3H3. The van der Waals surface area contributed by atoms with Gasteiger partial charge in [0.2, 0.25) is 10.0 Å². The molecule has 0 amide bonds. The maximum absolute atomic E-state index is 12.6. The molecule has 3 rings (SSSR count). The topological polar surface area (TPSA) is 86.1 Å². The lowest BCUT2D eigenvalue weighted by atomic mass is 10.1. The number of benzene rings is 1. The lowest BCUT2D eigenvalue weighted by molar-refractivity contribution is 0.411. The number of rotatable bonds is 6. The van der Waals surface area contributed by atoms with Crippen molar-refractivity contribution < 1.29 is 13.2 Å². The summed E-state index contributed by atoms with van der Waals surface area (Å²) >= 11 is 0. The molecule has 26 heavy (non-hydrogen) atoms. The number of methoxy groups -OCH3 is 1. The first-order valence-electron chi connectivity index (χ1n) is 7.98. The molecule has 1 aromatic carbocycles. The summed E-state index contributed by atoms with van der Waals surface area (Å²) in [6.07, 6.45) is 5.22. The SMILES string of the molecule is COc1ccc(S(=O)(=O)NCc2cccnc2-c2cnn(C)c2)cc1C. The smallest absolute Gasteiger partial charge is 0.240 e. The summed E-state index contributed by atoms with van der Waals surface area (Å²) < 4.78 is 34.7. The van der Waals surface area contributed by atoms with Crippen LogP contribution in [0.5, 0.6) is 5.75 Å². The number of nitrogens with one attached hydrogen (secondary N) is 1.